The zero-order valence-electron chi connectivity index (χ0n) is 13.5. The van der Waals surface area contributed by atoms with E-state index in [9.17, 15) is 4.79 Å². The molecule has 1 N–H and O–H groups in total. The molecule has 0 radical (unpaired) electrons. The lowest BCUT2D eigenvalue weighted by Gasteiger charge is -2.07. The van der Waals surface area contributed by atoms with Crippen molar-refractivity contribution in [3.05, 3.63) is 57.5 Å². The van der Waals surface area contributed by atoms with Crippen molar-refractivity contribution in [2.75, 3.05) is 11.1 Å². The second-order valence-corrected chi connectivity index (χ2v) is 7.53. The first kappa shape index (κ1) is 19.0. The number of carbonyl (C=O) groups excluding carboxylic acids is 1. The molecule has 26 heavy (non-hydrogen) atoms. The zero-order chi connectivity index (χ0) is 18.7. The highest BCUT2D eigenvalue weighted by atomic mass is 35.5. The number of nitrogens with one attached hydrogen (secondary N) is 1. The maximum Gasteiger partial charge on any atom is 0.234 e. The molecule has 3 rings (SSSR count). The van der Waals surface area contributed by atoms with Crippen LogP contribution in [0.3, 0.4) is 0 Å². The number of halogens is 3. The second kappa shape index (κ2) is 8.31. The molecule has 0 aliphatic rings. The van der Waals surface area contributed by atoms with Gasteiger partial charge in [-0.1, -0.05) is 58.7 Å². The van der Waals surface area contributed by atoms with Gasteiger partial charge >= 0.3 is 0 Å². The standard InChI is InChI=1S/C17H13Cl3N4OS/c1-24-16(10-3-2-4-11(18)7-10)22-23-17(24)26-9-15(25)21-12-5-6-13(19)14(20)8-12/h2-8H,9H2,1H3,(H,21,25). The molecular formula is C17H13Cl3N4OS. The van der Waals surface area contributed by atoms with Crippen LogP contribution in [0.15, 0.2) is 47.6 Å². The predicted molar refractivity (Wildman–Crippen MR) is 107 cm³/mol. The molecular weight excluding hydrogens is 415 g/mol. The normalized spacial score (nSPS) is 10.8. The predicted octanol–water partition coefficient (Wildman–Crippen LogP) is 5.17. The van der Waals surface area contributed by atoms with E-state index in [-0.39, 0.29) is 11.7 Å². The van der Waals surface area contributed by atoms with Crippen LogP contribution in [0.25, 0.3) is 11.4 Å². The zero-order valence-corrected chi connectivity index (χ0v) is 16.6. The topological polar surface area (TPSA) is 59.8 Å². The van der Waals surface area contributed by atoms with Crippen molar-refractivity contribution in [3.8, 4) is 11.4 Å². The molecule has 9 heteroatoms. The molecule has 1 aromatic heterocycles. The minimum absolute atomic E-state index is 0.180. The summed E-state index contributed by atoms with van der Waals surface area (Å²) in [7, 11) is 1.84. The van der Waals surface area contributed by atoms with E-state index in [0.717, 1.165) is 5.56 Å². The maximum absolute atomic E-state index is 12.1. The number of carbonyl (C=O) groups is 1. The number of nitrogens with zero attached hydrogens (tertiary/aromatic N) is 3. The van der Waals surface area contributed by atoms with Crippen LogP contribution in [0.5, 0.6) is 0 Å². The summed E-state index contributed by atoms with van der Waals surface area (Å²) in [6.45, 7) is 0. The van der Waals surface area contributed by atoms with Crippen LogP contribution in [-0.2, 0) is 11.8 Å². The smallest absolute Gasteiger partial charge is 0.234 e. The number of hydrogen-bond donors (Lipinski definition) is 1. The summed E-state index contributed by atoms with van der Waals surface area (Å²) in [5, 5.41) is 13.2. The Balaban J connectivity index is 1.64. The summed E-state index contributed by atoms with van der Waals surface area (Å²) < 4.78 is 1.82. The van der Waals surface area contributed by atoms with Gasteiger partial charge in [0, 0.05) is 23.3 Å². The van der Waals surface area contributed by atoms with E-state index >= 15 is 0 Å². The highest BCUT2D eigenvalue weighted by molar-refractivity contribution is 7.99. The third-order valence-electron chi connectivity index (χ3n) is 3.45. The third-order valence-corrected chi connectivity index (χ3v) is 5.45. The van der Waals surface area contributed by atoms with Gasteiger partial charge in [-0.25, -0.2) is 0 Å². The molecule has 1 heterocycles. The van der Waals surface area contributed by atoms with Gasteiger partial charge in [0.1, 0.15) is 0 Å². The van der Waals surface area contributed by atoms with Gasteiger partial charge in [-0.2, -0.15) is 0 Å². The molecule has 0 saturated heterocycles. The highest BCUT2D eigenvalue weighted by Crippen LogP contribution is 2.26. The number of thioether (sulfide) groups is 1. The fourth-order valence-electron chi connectivity index (χ4n) is 2.22. The van der Waals surface area contributed by atoms with Gasteiger partial charge in [0.05, 0.1) is 15.8 Å². The number of benzene rings is 2. The van der Waals surface area contributed by atoms with Crippen LogP contribution >= 0.6 is 46.6 Å². The van der Waals surface area contributed by atoms with E-state index in [4.69, 9.17) is 34.8 Å². The van der Waals surface area contributed by atoms with Gasteiger partial charge < -0.3 is 9.88 Å². The first-order valence-corrected chi connectivity index (χ1v) is 9.59. The van der Waals surface area contributed by atoms with E-state index in [1.165, 1.54) is 11.8 Å². The number of rotatable bonds is 5. The average Bonchev–Trinajstić information content (AvgIpc) is 2.97. The van der Waals surface area contributed by atoms with Gasteiger partial charge in [0.2, 0.25) is 5.91 Å². The van der Waals surface area contributed by atoms with Crippen molar-refractivity contribution in [2.24, 2.45) is 7.05 Å². The summed E-state index contributed by atoms with van der Waals surface area (Å²) in [5.74, 6) is 0.683. The van der Waals surface area contributed by atoms with Crippen LogP contribution in [0.1, 0.15) is 0 Å². The molecule has 0 bridgehead atoms. The molecule has 0 aliphatic heterocycles. The lowest BCUT2D eigenvalue weighted by Crippen LogP contribution is -2.14. The second-order valence-electron chi connectivity index (χ2n) is 5.34. The summed E-state index contributed by atoms with van der Waals surface area (Å²) in [6.07, 6.45) is 0. The largest absolute Gasteiger partial charge is 0.325 e. The molecule has 5 nitrogen and oxygen atoms in total. The van der Waals surface area contributed by atoms with E-state index in [1.807, 2.05) is 29.8 Å². The Morgan fingerprint density at radius 3 is 2.65 bits per heavy atom. The van der Waals surface area contributed by atoms with Crippen LogP contribution in [0.2, 0.25) is 15.1 Å². The van der Waals surface area contributed by atoms with E-state index in [1.54, 1.807) is 24.3 Å². The van der Waals surface area contributed by atoms with Crippen LogP contribution in [-0.4, -0.2) is 26.4 Å². The van der Waals surface area contributed by atoms with Gasteiger partial charge in [-0.3, -0.25) is 4.79 Å². The number of amides is 1. The Hall–Kier alpha value is -1.73. The Morgan fingerprint density at radius 1 is 1.12 bits per heavy atom. The first-order chi connectivity index (χ1) is 12.4. The van der Waals surface area contributed by atoms with Crippen LogP contribution in [0, 0.1) is 0 Å². The Kier molecular flexibility index (Phi) is 6.09. The van der Waals surface area contributed by atoms with Crippen LogP contribution < -0.4 is 5.32 Å². The molecule has 2 aromatic carbocycles. The SMILES string of the molecule is Cn1c(SCC(=O)Nc2ccc(Cl)c(Cl)c2)nnc1-c1cccc(Cl)c1. The molecule has 0 atom stereocenters. The molecule has 0 unspecified atom stereocenters. The minimum Gasteiger partial charge on any atom is -0.325 e. The molecule has 0 fully saturated rings. The summed E-state index contributed by atoms with van der Waals surface area (Å²) in [6, 6.07) is 12.3. The van der Waals surface area contributed by atoms with E-state index < -0.39 is 0 Å². The molecule has 1 amide bonds. The fraction of sp³-hybridized carbons (Fsp3) is 0.118. The Bertz CT molecular complexity index is 961. The first-order valence-electron chi connectivity index (χ1n) is 7.47. The molecule has 3 aromatic rings. The fourth-order valence-corrected chi connectivity index (χ4v) is 3.42. The highest BCUT2D eigenvalue weighted by Gasteiger charge is 2.13. The van der Waals surface area contributed by atoms with Gasteiger partial charge in [0.15, 0.2) is 11.0 Å². The molecule has 0 saturated carbocycles. The van der Waals surface area contributed by atoms with Crippen molar-refractivity contribution in [1.29, 1.82) is 0 Å². The average molecular weight is 428 g/mol. The van der Waals surface area contributed by atoms with Crippen molar-refractivity contribution in [1.82, 2.24) is 14.8 Å². The van der Waals surface area contributed by atoms with E-state index in [0.29, 0.717) is 31.7 Å². The Labute approximate surface area is 169 Å². The number of anilines is 1. The van der Waals surface area contributed by atoms with Gasteiger partial charge in [-0.15, -0.1) is 10.2 Å². The van der Waals surface area contributed by atoms with Crippen molar-refractivity contribution in [2.45, 2.75) is 5.16 Å². The molecule has 0 aliphatic carbocycles. The van der Waals surface area contributed by atoms with Crippen LogP contribution in [0.4, 0.5) is 5.69 Å². The Morgan fingerprint density at radius 2 is 1.92 bits per heavy atom. The maximum atomic E-state index is 12.1. The van der Waals surface area contributed by atoms with Crippen molar-refractivity contribution in [3.63, 3.8) is 0 Å². The van der Waals surface area contributed by atoms with Crippen molar-refractivity contribution < 1.29 is 4.79 Å². The number of aromatic nitrogens is 3. The molecule has 134 valence electrons. The minimum atomic E-state index is -0.180. The van der Waals surface area contributed by atoms with Gasteiger partial charge in [0.25, 0.3) is 0 Å². The van der Waals surface area contributed by atoms with Gasteiger partial charge in [-0.05, 0) is 30.3 Å². The molecule has 0 spiro atoms. The lowest BCUT2D eigenvalue weighted by molar-refractivity contribution is -0.113. The van der Waals surface area contributed by atoms with Crippen molar-refractivity contribution >= 4 is 58.2 Å². The monoisotopic (exact) mass is 426 g/mol. The quantitative estimate of drug-likeness (QED) is 0.570. The summed E-state index contributed by atoms with van der Waals surface area (Å²) in [4.78, 5) is 12.1. The summed E-state index contributed by atoms with van der Waals surface area (Å²) >= 11 is 19.1. The number of hydrogen-bond acceptors (Lipinski definition) is 4. The summed E-state index contributed by atoms with van der Waals surface area (Å²) in [5.41, 5.74) is 1.45. The third kappa shape index (κ3) is 4.51. The lowest BCUT2D eigenvalue weighted by atomic mass is 10.2. The van der Waals surface area contributed by atoms with E-state index in [2.05, 4.69) is 15.5 Å².